The Morgan fingerprint density at radius 3 is 2.74 bits per heavy atom. The number of carbonyl (C=O) groups excluding carboxylic acids is 1. The molecule has 1 amide bonds. The van der Waals surface area contributed by atoms with E-state index < -0.39 is 0 Å². The van der Waals surface area contributed by atoms with Crippen molar-refractivity contribution in [3.05, 3.63) is 53.9 Å². The normalized spacial score (nSPS) is 10.6. The highest BCUT2D eigenvalue weighted by Gasteiger charge is 2.10. The molecule has 2 heterocycles. The van der Waals surface area contributed by atoms with Crippen LogP contribution in [-0.4, -0.2) is 20.9 Å². The lowest BCUT2D eigenvalue weighted by atomic mass is 10.3. The van der Waals surface area contributed by atoms with E-state index in [9.17, 15) is 4.79 Å². The zero-order valence-corrected chi connectivity index (χ0v) is 10.3. The van der Waals surface area contributed by atoms with Gasteiger partial charge in [0.05, 0.1) is 11.0 Å². The molecule has 0 bridgehead atoms. The average molecular weight is 252 g/mol. The Morgan fingerprint density at radius 2 is 1.95 bits per heavy atom. The molecule has 94 valence electrons. The maximum absolute atomic E-state index is 12.0. The molecule has 0 saturated carbocycles. The van der Waals surface area contributed by atoms with Crippen molar-refractivity contribution >= 4 is 22.9 Å². The molecule has 3 aromatic rings. The summed E-state index contributed by atoms with van der Waals surface area (Å²) in [6, 6.07) is 12.9. The summed E-state index contributed by atoms with van der Waals surface area (Å²) in [5.41, 5.74) is 2.88. The minimum atomic E-state index is -0.275. The first-order valence-corrected chi connectivity index (χ1v) is 5.92. The molecular weight excluding hydrogens is 240 g/mol. The van der Waals surface area contributed by atoms with Gasteiger partial charge in [0, 0.05) is 5.69 Å². The van der Waals surface area contributed by atoms with Crippen molar-refractivity contribution in [3.8, 4) is 0 Å². The highest BCUT2D eigenvalue weighted by atomic mass is 16.2. The summed E-state index contributed by atoms with van der Waals surface area (Å²) in [7, 11) is 0. The fourth-order valence-electron chi connectivity index (χ4n) is 1.85. The van der Waals surface area contributed by atoms with Gasteiger partial charge in [0.1, 0.15) is 5.69 Å². The number of aromatic amines is 1. The zero-order valence-electron chi connectivity index (χ0n) is 10.3. The van der Waals surface area contributed by atoms with Crippen molar-refractivity contribution < 1.29 is 4.79 Å². The third kappa shape index (κ3) is 2.30. The van der Waals surface area contributed by atoms with Crippen LogP contribution in [0.25, 0.3) is 11.0 Å². The van der Waals surface area contributed by atoms with E-state index in [1.165, 1.54) is 0 Å². The van der Waals surface area contributed by atoms with Gasteiger partial charge in [-0.3, -0.25) is 10.1 Å². The molecule has 3 rings (SSSR count). The molecule has 0 aliphatic rings. The highest BCUT2D eigenvalue weighted by molar-refractivity contribution is 6.02. The van der Waals surface area contributed by atoms with Crippen molar-refractivity contribution in [1.82, 2.24) is 15.0 Å². The second kappa shape index (κ2) is 4.53. The smallest absolute Gasteiger partial charge is 0.276 e. The number of H-pyrrole nitrogens is 1. The van der Waals surface area contributed by atoms with Crippen LogP contribution >= 0.6 is 0 Å². The first kappa shape index (κ1) is 11.4. The summed E-state index contributed by atoms with van der Waals surface area (Å²) in [5.74, 6) is 0.150. The van der Waals surface area contributed by atoms with E-state index in [1.807, 2.05) is 37.3 Å². The zero-order chi connectivity index (χ0) is 13.2. The van der Waals surface area contributed by atoms with Gasteiger partial charge in [-0.2, -0.15) is 0 Å². The van der Waals surface area contributed by atoms with E-state index in [0.29, 0.717) is 11.6 Å². The number of pyridine rings is 1. The van der Waals surface area contributed by atoms with E-state index >= 15 is 0 Å². The van der Waals surface area contributed by atoms with Crippen LogP contribution in [-0.2, 0) is 0 Å². The lowest BCUT2D eigenvalue weighted by Crippen LogP contribution is -2.14. The van der Waals surface area contributed by atoms with Gasteiger partial charge in [-0.25, -0.2) is 9.97 Å². The van der Waals surface area contributed by atoms with E-state index in [2.05, 4.69) is 20.3 Å². The molecule has 19 heavy (non-hydrogen) atoms. The molecule has 1 aromatic carbocycles. The molecule has 0 saturated heterocycles. The highest BCUT2D eigenvalue weighted by Crippen LogP contribution is 2.13. The molecule has 2 N–H and O–H groups in total. The molecular formula is C14H12N4O. The number of imidazole rings is 1. The first-order chi connectivity index (χ1) is 9.22. The predicted octanol–water partition coefficient (Wildman–Crippen LogP) is 2.52. The average Bonchev–Trinajstić information content (AvgIpc) is 2.80. The maximum Gasteiger partial charge on any atom is 0.276 e. The number of rotatable bonds is 2. The van der Waals surface area contributed by atoms with Crippen LogP contribution in [0.15, 0.2) is 42.5 Å². The standard InChI is InChI=1S/C14H12N4O/c1-9-5-4-8-12(15-9)13(19)18-14-16-10-6-2-3-7-11(10)17-14/h2-8H,1H3,(H2,16,17,18,19). The van der Waals surface area contributed by atoms with E-state index in [0.717, 1.165) is 16.7 Å². The summed E-state index contributed by atoms with van der Waals surface area (Å²) < 4.78 is 0. The number of aromatic nitrogens is 3. The number of carbonyl (C=O) groups is 1. The van der Waals surface area contributed by atoms with Crippen LogP contribution in [0.2, 0.25) is 0 Å². The van der Waals surface area contributed by atoms with Gasteiger partial charge in [-0.15, -0.1) is 0 Å². The Balaban J connectivity index is 1.86. The van der Waals surface area contributed by atoms with E-state index in [1.54, 1.807) is 12.1 Å². The monoisotopic (exact) mass is 252 g/mol. The molecule has 5 heteroatoms. The Morgan fingerprint density at radius 1 is 1.11 bits per heavy atom. The van der Waals surface area contributed by atoms with Crippen molar-refractivity contribution in [2.24, 2.45) is 0 Å². The lowest BCUT2D eigenvalue weighted by molar-refractivity contribution is 0.102. The number of amides is 1. The van der Waals surface area contributed by atoms with Crippen LogP contribution in [0, 0.1) is 6.92 Å². The summed E-state index contributed by atoms with van der Waals surface area (Å²) in [4.78, 5) is 23.5. The molecule has 0 spiro atoms. The van der Waals surface area contributed by atoms with E-state index in [-0.39, 0.29) is 5.91 Å². The van der Waals surface area contributed by atoms with Crippen LogP contribution in [0.1, 0.15) is 16.2 Å². The number of para-hydroxylation sites is 2. The maximum atomic E-state index is 12.0. The molecule has 0 radical (unpaired) electrons. The van der Waals surface area contributed by atoms with Gasteiger partial charge >= 0.3 is 0 Å². The third-order valence-corrected chi connectivity index (χ3v) is 2.74. The molecule has 0 aliphatic heterocycles. The molecule has 0 unspecified atom stereocenters. The fourth-order valence-corrected chi connectivity index (χ4v) is 1.85. The van der Waals surface area contributed by atoms with Crippen LogP contribution in [0.5, 0.6) is 0 Å². The number of aryl methyl sites for hydroxylation is 1. The second-order valence-electron chi connectivity index (χ2n) is 4.22. The van der Waals surface area contributed by atoms with Crippen molar-refractivity contribution in [2.45, 2.75) is 6.92 Å². The third-order valence-electron chi connectivity index (χ3n) is 2.74. The van der Waals surface area contributed by atoms with Crippen molar-refractivity contribution in [2.75, 3.05) is 5.32 Å². The Kier molecular flexibility index (Phi) is 2.72. The molecule has 5 nitrogen and oxygen atoms in total. The number of anilines is 1. The molecule has 0 aliphatic carbocycles. The predicted molar refractivity (Wildman–Crippen MR) is 73.0 cm³/mol. The first-order valence-electron chi connectivity index (χ1n) is 5.92. The summed E-state index contributed by atoms with van der Waals surface area (Å²) in [5, 5.41) is 2.71. The van der Waals surface area contributed by atoms with Gasteiger partial charge in [0.2, 0.25) is 5.95 Å². The molecule has 0 fully saturated rings. The number of hydrogen-bond acceptors (Lipinski definition) is 3. The molecule has 0 atom stereocenters. The Labute approximate surface area is 109 Å². The molecule has 2 aromatic heterocycles. The number of benzene rings is 1. The Bertz CT molecular complexity index is 715. The fraction of sp³-hybridized carbons (Fsp3) is 0.0714. The summed E-state index contributed by atoms with van der Waals surface area (Å²) >= 11 is 0. The van der Waals surface area contributed by atoms with Gasteiger partial charge in [-0.05, 0) is 31.2 Å². The number of fused-ring (bicyclic) bond motifs is 1. The van der Waals surface area contributed by atoms with Gasteiger partial charge in [-0.1, -0.05) is 18.2 Å². The van der Waals surface area contributed by atoms with Crippen molar-refractivity contribution in [3.63, 3.8) is 0 Å². The van der Waals surface area contributed by atoms with Gasteiger partial charge < -0.3 is 4.98 Å². The number of nitrogens with zero attached hydrogens (tertiary/aromatic N) is 2. The van der Waals surface area contributed by atoms with Crippen LogP contribution < -0.4 is 5.32 Å². The summed E-state index contributed by atoms with van der Waals surface area (Å²) in [6.07, 6.45) is 0. The summed E-state index contributed by atoms with van der Waals surface area (Å²) in [6.45, 7) is 1.85. The second-order valence-corrected chi connectivity index (χ2v) is 4.22. The van der Waals surface area contributed by atoms with Gasteiger partial charge in [0.15, 0.2) is 0 Å². The largest absolute Gasteiger partial charge is 0.324 e. The topological polar surface area (TPSA) is 70.7 Å². The Hall–Kier alpha value is -2.69. The minimum Gasteiger partial charge on any atom is -0.324 e. The van der Waals surface area contributed by atoms with Crippen LogP contribution in [0.4, 0.5) is 5.95 Å². The van der Waals surface area contributed by atoms with Crippen molar-refractivity contribution in [1.29, 1.82) is 0 Å². The quantitative estimate of drug-likeness (QED) is 0.736. The number of nitrogens with one attached hydrogen (secondary N) is 2. The lowest BCUT2D eigenvalue weighted by Gasteiger charge is -2.01. The minimum absolute atomic E-state index is 0.275. The van der Waals surface area contributed by atoms with Crippen LogP contribution in [0.3, 0.4) is 0 Å². The SMILES string of the molecule is Cc1cccc(C(=O)Nc2nc3ccccc3[nH]2)n1. The number of hydrogen-bond donors (Lipinski definition) is 2. The van der Waals surface area contributed by atoms with Gasteiger partial charge in [0.25, 0.3) is 5.91 Å². The van der Waals surface area contributed by atoms with E-state index in [4.69, 9.17) is 0 Å².